The maximum atomic E-state index is 12.9. The van der Waals surface area contributed by atoms with Gasteiger partial charge in [-0.25, -0.2) is 0 Å². The molecule has 0 unspecified atom stereocenters. The first kappa shape index (κ1) is 20.9. The van der Waals surface area contributed by atoms with Crippen molar-refractivity contribution in [3.05, 3.63) is 70.8 Å². The zero-order valence-electron chi connectivity index (χ0n) is 15.7. The third kappa shape index (κ3) is 5.15. The number of nitriles is 1. The fraction of sp³-hybridized carbons (Fsp3) is 0.364. The van der Waals surface area contributed by atoms with Gasteiger partial charge in [-0.2, -0.15) is 18.4 Å². The molecule has 0 spiro atoms. The average molecular weight is 402 g/mol. The molecule has 0 radical (unpaired) electrons. The van der Waals surface area contributed by atoms with Gasteiger partial charge in [0.1, 0.15) is 0 Å². The molecule has 2 atom stereocenters. The van der Waals surface area contributed by atoms with Crippen molar-refractivity contribution in [3.8, 4) is 6.07 Å². The molecule has 0 aliphatic carbocycles. The van der Waals surface area contributed by atoms with Gasteiger partial charge < -0.3 is 5.11 Å². The zero-order valence-corrected chi connectivity index (χ0v) is 15.7. The van der Waals surface area contributed by atoms with Gasteiger partial charge in [-0.05, 0) is 54.6 Å². The van der Waals surface area contributed by atoms with Gasteiger partial charge in [-0.15, -0.1) is 0 Å². The molecule has 1 N–H and O–H groups in total. The highest BCUT2D eigenvalue weighted by atomic mass is 19.4. The number of carboxylic acids is 1. The number of carbonyl (C=O) groups is 1. The van der Waals surface area contributed by atoms with E-state index in [9.17, 15) is 23.2 Å². The quantitative estimate of drug-likeness (QED) is 0.764. The SMILES string of the molecule is N#Cc1ccccc1CN1CC[C@@H](CC(=O)O)C[C@H]1c1ccc(C(F)(F)F)cc1. The smallest absolute Gasteiger partial charge is 0.416 e. The minimum atomic E-state index is -4.40. The zero-order chi connectivity index (χ0) is 21.0. The number of hydrogen-bond donors (Lipinski definition) is 1. The number of rotatable bonds is 5. The molecule has 1 heterocycles. The van der Waals surface area contributed by atoms with Crippen LogP contribution in [0.5, 0.6) is 0 Å². The second kappa shape index (κ2) is 8.66. The summed E-state index contributed by atoms with van der Waals surface area (Å²) in [4.78, 5) is 13.3. The van der Waals surface area contributed by atoms with Crippen LogP contribution in [-0.4, -0.2) is 22.5 Å². The molecule has 0 aromatic heterocycles. The number of nitrogens with zero attached hydrogens (tertiary/aromatic N) is 2. The van der Waals surface area contributed by atoms with Crippen LogP contribution in [0, 0.1) is 17.2 Å². The fourth-order valence-electron chi connectivity index (χ4n) is 3.94. The van der Waals surface area contributed by atoms with Crippen molar-refractivity contribution in [1.82, 2.24) is 4.90 Å². The van der Waals surface area contributed by atoms with E-state index >= 15 is 0 Å². The van der Waals surface area contributed by atoms with Crippen LogP contribution in [0.15, 0.2) is 48.5 Å². The van der Waals surface area contributed by atoms with Crippen LogP contribution in [-0.2, 0) is 17.5 Å². The summed E-state index contributed by atoms with van der Waals surface area (Å²) >= 11 is 0. The highest BCUT2D eigenvalue weighted by Gasteiger charge is 2.33. The number of halogens is 3. The molecule has 2 aromatic carbocycles. The van der Waals surface area contributed by atoms with Gasteiger partial charge in [0.25, 0.3) is 0 Å². The van der Waals surface area contributed by atoms with E-state index in [4.69, 9.17) is 5.11 Å². The van der Waals surface area contributed by atoms with Gasteiger partial charge in [-0.3, -0.25) is 9.69 Å². The van der Waals surface area contributed by atoms with Crippen LogP contribution in [0.1, 0.15) is 47.6 Å². The molecule has 152 valence electrons. The molecule has 1 aliphatic rings. The molecule has 4 nitrogen and oxygen atoms in total. The number of piperidine rings is 1. The van der Waals surface area contributed by atoms with E-state index in [-0.39, 0.29) is 18.4 Å². The predicted molar refractivity (Wildman–Crippen MR) is 101 cm³/mol. The van der Waals surface area contributed by atoms with E-state index in [2.05, 4.69) is 11.0 Å². The van der Waals surface area contributed by atoms with Crippen molar-refractivity contribution >= 4 is 5.97 Å². The van der Waals surface area contributed by atoms with Crippen molar-refractivity contribution in [1.29, 1.82) is 5.26 Å². The number of hydrogen-bond acceptors (Lipinski definition) is 3. The van der Waals surface area contributed by atoms with E-state index in [0.29, 0.717) is 31.5 Å². The molecule has 2 aromatic rings. The Morgan fingerprint density at radius 2 is 1.86 bits per heavy atom. The van der Waals surface area contributed by atoms with Crippen molar-refractivity contribution in [2.75, 3.05) is 6.54 Å². The summed E-state index contributed by atoms with van der Waals surface area (Å²) in [5.74, 6) is -0.910. The summed E-state index contributed by atoms with van der Waals surface area (Å²) in [6.07, 6.45) is -3.12. The maximum Gasteiger partial charge on any atom is 0.416 e. The topological polar surface area (TPSA) is 64.3 Å². The van der Waals surface area contributed by atoms with Crippen molar-refractivity contribution in [2.45, 2.75) is 38.0 Å². The molecular formula is C22H21F3N2O2. The maximum absolute atomic E-state index is 12.9. The third-order valence-electron chi connectivity index (χ3n) is 5.42. The second-order valence-corrected chi connectivity index (χ2v) is 7.36. The van der Waals surface area contributed by atoms with E-state index in [1.54, 1.807) is 12.1 Å². The summed E-state index contributed by atoms with van der Waals surface area (Å²) in [7, 11) is 0. The van der Waals surface area contributed by atoms with Gasteiger partial charge in [0.2, 0.25) is 0 Å². The van der Waals surface area contributed by atoms with Gasteiger partial charge in [-0.1, -0.05) is 30.3 Å². The number of alkyl halides is 3. The van der Waals surface area contributed by atoms with E-state index in [0.717, 1.165) is 23.3 Å². The molecule has 1 saturated heterocycles. The molecule has 0 saturated carbocycles. The van der Waals surface area contributed by atoms with Crippen LogP contribution >= 0.6 is 0 Å². The number of benzene rings is 2. The number of aliphatic carboxylic acids is 1. The lowest BCUT2D eigenvalue weighted by molar-refractivity contribution is -0.139. The fourth-order valence-corrected chi connectivity index (χ4v) is 3.94. The van der Waals surface area contributed by atoms with Crippen LogP contribution in [0.2, 0.25) is 0 Å². The summed E-state index contributed by atoms with van der Waals surface area (Å²) in [6, 6.07) is 14.3. The molecule has 0 bridgehead atoms. The molecule has 3 rings (SSSR count). The molecular weight excluding hydrogens is 381 g/mol. The van der Waals surface area contributed by atoms with Gasteiger partial charge in [0.05, 0.1) is 17.2 Å². The van der Waals surface area contributed by atoms with Crippen LogP contribution in [0.3, 0.4) is 0 Å². The Balaban J connectivity index is 1.88. The minimum absolute atomic E-state index is 0.0396. The monoisotopic (exact) mass is 402 g/mol. The van der Waals surface area contributed by atoms with E-state index in [1.807, 2.05) is 12.1 Å². The van der Waals surface area contributed by atoms with Crippen molar-refractivity contribution in [2.24, 2.45) is 5.92 Å². The van der Waals surface area contributed by atoms with Gasteiger partial charge in [0.15, 0.2) is 0 Å². The summed E-state index contributed by atoms with van der Waals surface area (Å²) in [6.45, 7) is 1.10. The number of carboxylic acid groups (broad SMARTS) is 1. The Labute approximate surface area is 167 Å². The second-order valence-electron chi connectivity index (χ2n) is 7.36. The average Bonchev–Trinajstić information content (AvgIpc) is 2.68. The van der Waals surface area contributed by atoms with Crippen LogP contribution < -0.4 is 0 Å². The lowest BCUT2D eigenvalue weighted by Gasteiger charge is -2.40. The minimum Gasteiger partial charge on any atom is -0.481 e. The first-order valence-electron chi connectivity index (χ1n) is 9.39. The van der Waals surface area contributed by atoms with Crippen LogP contribution in [0.4, 0.5) is 13.2 Å². The predicted octanol–water partition coefficient (Wildman–Crippen LogP) is 5.01. The summed E-state index contributed by atoms with van der Waals surface area (Å²) in [5.41, 5.74) is 1.43. The van der Waals surface area contributed by atoms with Gasteiger partial charge in [0, 0.05) is 19.0 Å². The summed E-state index contributed by atoms with van der Waals surface area (Å²) < 4.78 is 38.7. The normalized spacial score (nSPS) is 20.2. The molecule has 7 heteroatoms. The Kier molecular flexibility index (Phi) is 6.23. The Bertz CT molecular complexity index is 904. The number of likely N-dealkylation sites (tertiary alicyclic amines) is 1. The molecule has 29 heavy (non-hydrogen) atoms. The third-order valence-corrected chi connectivity index (χ3v) is 5.42. The first-order valence-corrected chi connectivity index (χ1v) is 9.39. The highest BCUT2D eigenvalue weighted by molar-refractivity contribution is 5.67. The summed E-state index contributed by atoms with van der Waals surface area (Å²) in [5, 5.41) is 18.5. The van der Waals surface area contributed by atoms with E-state index in [1.165, 1.54) is 12.1 Å². The van der Waals surface area contributed by atoms with Crippen molar-refractivity contribution in [3.63, 3.8) is 0 Å². The van der Waals surface area contributed by atoms with Gasteiger partial charge >= 0.3 is 12.1 Å². The van der Waals surface area contributed by atoms with Crippen LogP contribution in [0.25, 0.3) is 0 Å². The lowest BCUT2D eigenvalue weighted by Crippen LogP contribution is -2.37. The first-order chi connectivity index (χ1) is 13.8. The lowest BCUT2D eigenvalue weighted by atomic mass is 9.84. The molecule has 1 aliphatic heterocycles. The molecule has 0 amide bonds. The Morgan fingerprint density at radius 1 is 1.17 bits per heavy atom. The van der Waals surface area contributed by atoms with Crippen molar-refractivity contribution < 1.29 is 23.1 Å². The Hall–Kier alpha value is -2.85. The largest absolute Gasteiger partial charge is 0.481 e. The molecule has 1 fully saturated rings. The standard InChI is InChI=1S/C22H21F3N2O2/c23-22(24,25)19-7-5-16(6-8-19)20-11-15(12-21(28)29)9-10-27(20)14-18-4-2-1-3-17(18)13-26/h1-8,15,20H,9-12,14H2,(H,28,29)/t15-,20+/m1/s1. The highest BCUT2D eigenvalue weighted by Crippen LogP contribution is 2.38. The van der Waals surface area contributed by atoms with E-state index < -0.39 is 17.7 Å². The Morgan fingerprint density at radius 3 is 2.48 bits per heavy atom.